The third-order valence-electron chi connectivity index (χ3n) is 1.59. The molecule has 0 saturated heterocycles. The third kappa shape index (κ3) is 5.91. The molecule has 0 aliphatic carbocycles. The van der Waals surface area contributed by atoms with E-state index in [1.807, 2.05) is 6.07 Å². The molecule has 0 amide bonds. The van der Waals surface area contributed by atoms with Gasteiger partial charge < -0.3 is 4.74 Å². The molecule has 0 aromatic carbocycles. The van der Waals surface area contributed by atoms with Crippen molar-refractivity contribution in [3.05, 3.63) is 0 Å². The molecule has 0 bridgehead atoms. The van der Waals surface area contributed by atoms with Crippen molar-refractivity contribution in [2.24, 2.45) is 0 Å². The van der Waals surface area contributed by atoms with E-state index in [1.54, 1.807) is 13.8 Å². The zero-order valence-electron chi connectivity index (χ0n) is 8.49. The van der Waals surface area contributed by atoms with Crippen LogP contribution >= 0.6 is 0 Å². The number of ether oxygens (including phenoxy) is 1. The first-order chi connectivity index (χ1) is 6.55. The third-order valence-corrected chi connectivity index (χ3v) is 2.93. The Balaban J connectivity index is 4.02. The van der Waals surface area contributed by atoms with E-state index >= 15 is 0 Å². The summed E-state index contributed by atoms with van der Waals surface area (Å²) in [6, 6.07) is 1.23. The average molecular weight is 220 g/mol. The fraction of sp³-hybridized carbons (Fsp3) is 0.875. The lowest BCUT2D eigenvalue weighted by Crippen LogP contribution is -2.36. The minimum absolute atomic E-state index is 0.0982. The topological polar surface area (TPSA) is 79.2 Å². The quantitative estimate of drug-likeness (QED) is 0.623. The van der Waals surface area contributed by atoms with Gasteiger partial charge in [0, 0.05) is 6.61 Å². The van der Waals surface area contributed by atoms with E-state index in [9.17, 15) is 8.42 Å². The smallest absolute Gasteiger partial charge is 0.215 e. The van der Waals surface area contributed by atoms with Gasteiger partial charge in [0.1, 0.15) is 6.04 Å². The summed E-state index contributed by atoms with van der Waals surface area (Å²) in [5, 5.41) is 8.55. The van der Waals surface area contributed by atoms with Crippen LogP contribution in [0.2, 0.25) is 0 Å². The van der Waals surface area contributed by atoms with Gasteiger partial charge in [0.15, 0.2) is 0 Å². The largest absolute Gasteiger partial charge is 0.381 e. The summed E-state index contributed by atoms with van der Waals surface area (Å²) >= 11 is 0. The van der Waals surface area contributed by atoms with Crippen molar-refractivity contribution in [1.29, 1.82) is 5.26 Å². The Morgan fingerprint density at radius 2 is 2.14 bits per heavy atom. The van der Waals surface area contributed by atoms with E-state index in [2.05, 4.69) is 4.72 Å². The molecule has 0 rings (SSSR count). The molecule has 1 unspecified atom stereocenters. The second kappa shape index (κ2) is 6.76. The molecule has 6 heteroatoms. The van der Waals surface area contributed by atoms with Crippen LogP contribution in [0.3, 0.4) is 0 Å². The van der Waals surface area contributed by atoms with Crippen molar-refractivity contribution in [3.63, 3.8) is 0 Å². The normalized spacial score (nSPS) is 13.5. The minimum Gasteiger partial charge on any atom is -0.381 e. The predicted molar refractivity (Wildman–Crippen MR) is 53.1 cm³/mol. The van der Waals surface area contributed by atoms with E-state index in [-0.39, 0.29) is 12.4 Å². The summed E-state index contributed by atoms with van der Waals surface area (Å²) in [4.78, 5) is 0. The molecule has 0 aliphatic rings. The summed E-state index contributed by atoms with van der Waals surface area (Å²) in [5.74, 6) is -0.0982. The fourth-order valence-corrected chi connectivity index (χ4v) is 1.90. The first-order valence-corrected chi connectivity index (χ1v) is 6.18. The number of hydrogen-bond donors (Lipinski definition) is 1. The van der Waals surface area contributed by atoms with E-state index in [0.29, 0.717) is 13.0 Å². The van der Waals surface area contributed by atoms with Crippen LogP contribution in [0.1, 0.15) is 20.3 Å². The molecule has 1 atom stereocenters. The summed E-state index contributed by atoms with van der Waals surface area (Å²) in [7, 11) is -3.37. The lowest BCUT2D eigenvalue weighted by Gasteiger charge is -2.09. The standard InChI is InChI=1S/C8H16N2O3S/c1-3-8(7-9)10-14(11,12)6-5-13-4-2/h8,10H,3-6H2,1-2H3. The van der Waals surface area contributed by atoms with E-state index in [1.165, 1.54) is 0 Å². The minimum atomic E-state index is -3.37. The maximum atomic E-state index is 11.3. The lowest BCUT2D eigenvalue weighted by atomic mass is 10.3. The first-order valence-electron chi connectivity index (χ1n) is 4.53. The van der Waals surface area contributed by atoms with Crippen molar-refractivity contribution >= 4 is 10.0 Å². The molecule has 5 nitrogen and oxygen atoms in total. The van der Waals surface area contributed by atoms with Crippen LogP contribution < -0.4 is 4.72 Å². The van der Waals surface area contributed by atoms with E-state index in [0.717, 1.165) is 0 Å². The van der Waals surface area contributed by atoms with Crippen molar-refractivity contribution in [2.75, 3.05) is 19.0 Å². The zero-order chi connectivity index (χ0) is 11.0. The molecule has 0 radical (unpaired) electrons. The van der Waals surface area contributed by atoms with Gasteiger partial charge in [-0.25, -0.2) is 8.42 Å². The van der Waals surface area contributed by atoms with Crippen LogP contribution in [0.4, 0.5) is 0 Å². The summed E-state index contributed by atoms with van der Waals surface area (Å²) in [6.45, 7) is 4.20. The van der Waals surface area contributed by atoms with Crippen molar-refractivity contribution < 1.29 is 13.2 Å². The monoisotopic (exact) mass is 220 g/mol. The second-order valence-electron chi connectivity index (χ2n) is 2.72. The number of hydrogen-bond acceptors (Lipinski definition) is 4. The number of rotatable bonds is 7. The van der Waals surface area contributed by atoms with Gasteiger partial charge in [-0.3, -0.25) is 0 Å². The highest BCUT2D eigenvalue weighted by molar-refractivity contribution is 7.89. The Hall–Kier alpha value is -0.640. The number of nitriles is 1. The molecule has 82 valence electrons. The van der Waals surface area contributed by atoms with Gasteiger partial charge in [0.05, 0.1) is 18.4 Å². The Bertz CT molecular complexity index is 281. The maximum Gasteiger partial charge on any atom is 0.215 e. The number of sulfonamides is 1. The SMILES string of the molecule is CCOCCS(=O)(=O)NC(C#N)CC. The van der Waals surface area contributed by atoms with Crippen LogP contribution in [0.25, 0.3) is 0 Å². The van der Waals surface area contributed by atoms with E-state index < -0.39 is 16.1 Å². The molecule has 0 heterocycles. The Morgan fingerprint density at radius 1 is 1.50 bits per heavy atom. The first kappa shape index (κ1) is 13.4. The molecular formula is C8H16N2O3S. The lowest BCUT2D eigenvalue weighted by molar-refractivity contribution is 0.163. The Morgan fingerprint density at radius 3 is 2.57 bits per heavy atom. The molecule has 0 aromatic rings. The molecule has 0 aromatic heterocycles. The van der Waals surface area contributed by atoms with Gasteiger partial charge in [-0.1, -0.05) is 6.92 Å². The second-order valence-corrected chi connectivity index (χ2v) is 4.60. The highest BCUT2D eigenvalue weighted by atomic mass is 32.2. The van der Waals surface area contributed by atoms with Crippen LogP contribution in [0.15, 0.2) is 0 Å². The molecular weight excluding hydrogens is 204 g/mol. The van der Waals surface area contributed by atoms with Gasteiger partial charge >= 0.3 is 0 Å². The molecule has 1 N–H and O–H groups in total. The molecule has 0 spiro atoms. The Kier molecular flexibility index (Phi) is 6.45. The van der Waals surface area contributed by atoms with Gasteiger partial charge in [-0.2, -0.15) is 9.98 Å². The summed E-state index contributed by atoms with van der Waals surface area (Å²) in [6.07, 6.45) is 0.463. The van der Waals surface area contributed by atoms with Gasteiger partial charge in [0.2, 0.25) is 10.0 Å². The van der Waals surface area contributed by atoms with Crippen molar-refractivity contribution in [2.45, 2.75) is 26.3 Å². The number of nitrogens with one attached hydrogen (secondary N) is 1. The van der Waals surface area contributed by atoms with Crippen LogP contribution in [0, 0.1) is 11.3 Å². The van der Waals surface area contributed by atoms with Crippen LogP contribution in [0.5, 0.6) is 0 Å². The zero-order valence-corrected chi connectivity index (χ0v) is 9.30. The highest BCUT2D eigenvalue weighted by Crippen LogP contribution is 1.93. The number of nitrogens with zero attached hydrogens (tertiary/aromatic N) is 1. The maximum absolute atomic E-state index is 11.3. The van der Waals surface area contributed by atoms with E-state index in [4.69, 9.17) is 10.00 Å². The molecule has 0 fully saturated rings. The Labute approximate surface area is 85.1 Å². The van der Waals surface area contributed by atoms with Gasteiger partial charge in [-0.05, 0) is 13.3 Å². The van der Waals surface area contributed by atoms with Gasteiger partial charge in [-0.15, -0.1) is 0 Å². The molecule has 14 heavy (non-hydrogen) atoms. The molecule has 0 aliphatic heterocycles. The predicted octanol–water partition coefficient (Wildman–Crippen LogP) is 0.244. The highest BCUT2D eigenvalue weighted by Gasteiger charge is 2.15. The van der Waals surface area contributed by atoms with Crippen molar-refractivity contribution in [1.82, 2.24) is 4.72 Å². The van der Waals surface area contributed by atoms with Crippen LogP contribution in [-0.4, -0.2) is 33.4 Å². The molecule has 0 saturated carbocycles. The summed E-state index contributed by atoms with van der Waals surface area (Å²) in [5.41, 5.74) is 0. The summed E-state index contributed by atoms with van der Waals surface area (Å²) < 4.78 is 29.8. The van der Waals surface area contributed by atoms with Crippen LogP contribution in [-0.2, 0) is 14.8 Å². The van der Waals surface area contributed by atoms with Gasteiger partial charge in [0.25, 0.3) is 0 Å². The average Bonchev–Trinajstić information content (AvgIpc) is 2.14. The van der Waals surface area contributed by atoms with Crippen molar-refractivity contribution in [3.8, 4) is 6.07 Å². The fourth-order valence-electron chi connectivity index (χ4n) is 0.790.